The minimum atomic E-state index is -0.867. The SMILES string of the molecule is Cc1cc(NC(=O)COC(=O)c2cccc(N3C(=O)c4ccccc4C3=O)c2)c([N+](=O)[O-])cc1C. The van der Waals surface area contributed by atoms with Crippen molar-refractivity contribution in [2.24, 2.45) is 0 Å². The Bertz CT molecular complexity index is 1380. The van der Waals surface area contributed by atoms with Gasteiger partial charge in [0, 0.05) is 6.07 Å². The molecule has 0 spiro atoms. The Morgan fingerprint density at radius 1 is 0.943 bits per heavy atom. The van der Waals surface area contributed by atoms with Crippen molar-refractivity contribution in [3.8, 4) is 0 Å². The van der Waals surface area contributed by atoms with E-state index in [2.05, 4.69) is 5.32 Å². The lowest BCUT2D eigenvalue weighted by molar-refractivity contribution is -0.384. The maximum Gasteiger partial charge on any atom is 0.338 e. The Morgan fingerprint density at radius 2 is 1.57 bits per heavy atom. The van der Waals surface area contributed by atoms with E-state index in [4.69, 9.17) is 4.74 Å². The molecule has 1 aliphatic rings. The van der Waals surface area contributed by atoms with Crippen LogP contribution in [0, 0.1) is 24.0 Å². The van der Waals surface area contributed by atoms with Crippen LogP contribution in [0.4, 0.5) is 17.1 Å². The van der Waals surface area contributed by atoms with Gasteiger partial charge in [-0.2, -0.15) is 0 Å². The van der Waals surface area contributed by atoms with Gasteiger partial charge in [-0.25, -0.2) is 9.69 Å². The molecular weight excluding hydrogens is 454 g/mol. The van der Waals surface area contributed by atoms with Gasteiger partial charge in [0.05, 0.1) is 27.3 Å². The molecule has 0 radical (unpaired) electrons. The quantitative estimate of drug-likeness (QED) is 0.249. The second-order valence-electron chi connectivity index (χ2n) is 7.88. The first-order valence-electron chi connectivity index (χ1n) is 10.5. The highest BCUT2D eigenvalue weighted by Gasteiger charge is 2.36. The van der Waals surface area contributed by atoms with Gasteiger partial charge in [-0.1, -0.05) is 18.2 Å². The van der Waals surface area contributed by atoms with Crippen LogP contribution in [-0.2, 0) is 9.53 Å². The van der Waals surface area contributed by atoms with Crippen LogP contribution in [-0.4, -0.2) is 35.2 Å². The van der Waals surface area contributed by atoms with E-state index in [0.29, 0.717) is 5.56 Å². The van der Waals surface area contributed by atoms with Crippen molar-refractivity contribution >= 4 is 40.8 Å². The Labute approximate surface area is 199 Å². The van der Waals surface area contributed by atoms with Crippen molar-refractivity contribution in [3.63, 3.8) is 0 Å². The van der Waals surface area contributed by atoms with Crippen molar-refractivity contribution in [2.75, 3.05) is 16.8 Å². The molecule has 10 nitrogen and oxygen atoms in total. The fraction of sp³-hybridized carbons (Fsp3) is 0.120. The van der Waals surface area contributed by atoms with Gasteiger partial charge in [0.15, 0.2) is 6.61 Å². The monoisotopic (exact) mass is 473 g/mol. The lowest BCUT2D eigenvalue weighted by Crippen LogP contribution is -2.29. The molecule has 176 valence electrons. The number of esters is 1. The Morgan fingerprint density at radius 3 is 2.20 bits per heavy atom. The summed E-state index contributed by atoms with van der Waals surface area (Å²) in [5, 5.41) is 13.7. The van der Waals surface area contributed by atoms with Crippen molar-refractivity contribution < 1.29 is 28.8 Å². The second-order valence-corrected chi connectivity index (χ2v) is 7.88. The molecule has 3 aromatic carbocycles. The van der Waals surface area contributed by atoms with E-state index >= 15 is 0 Å². The summed E-state index contributed by atoms with van der Waals surface area (Å²) in [6.07, 6.45) is 0. The van der Waals surface area contributed by atoms with Crippen molar-refractivity contribution in [1.29, 1.82) is 0 Å². The molecule has 1 heterocycles. The molecule has 0 aliphatic carbocycles. The number of anilines is 2. The van der Waals surface area contributed by atoms with Gasteiger partial charge in [-0.05, 0) is 61.4 Å². The molecule has 1 aliphatic heterocycles. The van der Waals surface area contributed by atoms with Crippen LogP contribution < -0.4 is 10.2 Å². The summed E-state index contributed by atoms with van der Waals surface area (Å²) in [6, 6.07) is 14.9. The molecule has 10 heteroatoms. The topological polar surface area (TPSA) is 136 Å². The molecule has 4 rings (SSSR count). The van der Waals surface area contributed by atoms with E-state index in [1.54, 1.807) is 38.1 Å². The van der Waals surface area contributed by atoms with Crippen LogP contribution in [0.25, 0.3) is 0 Å². The largest absolute Gasteiger partial charge is 0.452 e. The minimum absolute atomic E-state index is 0.00762. The fourth-order valence-electron chi connectivity index (χ4n) is 3.65. The highest BCUT2D eigenvalue weighted by atomic mass is 16.6. The fourth-order valence-corrected chi connectivity index (χ4v) is 3.65. The number of carbonyl (C=O) groups excluding carboxylic acids is 4. The summed E-state index contributed by atoms with van der Waals surface area (Å²) in [4.78, 5) is 61.8. The summed E-state index contributed by atoms with van der Waals surface area (Å²) in [5.74, 6) is -2.65. The maximum absolute atomic E-state index is 12.7. The number of imide groups is 1. The first-order chi connectivity index (χ1) is 16.7. The number of rotatable bonds is 6. The van der Waals surface area contributed by atoms with Gasteiger partial charge < -0.3 is 10.1 Å². The second kappa shape index (κ2) is 9.18. The van der Waals surface area contributed by atoms with Crippen molar-refractivity contribution in [1.82, 2.24) is 0 Å². The average molecular weight is 473 g/mol. The van der Waals surface area contributed by atoms with Crippen LogP contribution in [0.3, 0.4) is 0 Å². The van der Waals surface area contributed by atoms with Gasteiger partial charge in [-0.15, -0.1) is 0 Å². The van der Waals surface area contributed by atoms with Crippen LogP contribution in [0.15, 0.2) is 60.7 Å². The van der Waals surface area contributed by atoms with Crippen LogP contribution in [0.5, 0.6) is 0 Å². The Kier molecular flexibility index (Phi) is 6.11. The molecule has 0 saturated carbocycles. The molecule has 35 heavy (non-hydrogen) atoms. The van der Waals surface area contributed by atoms with E-state index in [1.165, 1.54) is 36.4 Å². The number of nitro groups is 1. The number of hydrogen-bond acceptors (Lipinski definition) is 7. The lowest BCUT2D eigenvalue weighted by Gasteiger charge is -2.15. The number of fused-ring (bicyclic) bond motifs is 1. The zero-order chi connectivity index (χ0) is 25.3. The number of ether oxygens (including phenoxy) is 1. The smallest absolute Gasteiger partial charge is 0.338 e. The van der Waals surface area contributed by atoms with Crippen LogP contribution in [0.2, 0.25) is 0 Å². The molecule has 0 unspecified atom stereocenters. The van der Waals surface area contributed by atoms with Gasteiger partial charge in [0.2, 0.25) is 0 Å². The van der Waals surface area contributed by atoms with Gasteiger partial charge in [-0.3, -0.25) is 24.5 Å². The molecule has 0 aromatic heterocycles. The lowest BCUT2D eigenvalue weighted by atomic mass is 10.1. The van der Waals surface area contributed by atoms with Crippen LogP contribution >= 0.6 is 0 Å². The number of carbonyl (C=O) groups is 4. The normalized spacial score (nSPS) is 12.3. The summed E-state index contributed by atoms with van der Waals surface area (Å²) in [7, 11) is 0. The summed E-state index contributed by atoms with van der Waals surface area (Å²) < 4.78 is 5.04. The predicted octanol–water partition coefficient (Wildman–Crippen LogP) is 3.81. The number of nitrogens with one attached hydrogen (secondary N) is 1. The molecule has 1 N–H and O–H groups in total. The number of aryl methyl sites for hydroxylation is 2. The average Bonchev–Trinajstić information content (AvgIpc) is 3.09. The molecular formula is C25H19N3O7. The maximum atomic E-state index is 12.7. The number of benzene rings is 3. The minimum Gasteiger partial charge on any atom is -0.452 e. The first kappa shape index (κ1) is 23.3. The third-order valence-corrected chi connectivity index (χ3v) is 5.55. The number of amides is 3. The number of hydrogen-bond donors (Lipinski definition) is 1. The Balaban J connectivity index is 1.45. The summed E-state index contributed by atoms with van der Waals surface area (Å²) in [5.41, 5.74) is 1.88. The van der Waals surface area contributed by atoms with Crippen molar-refractivity contribution in [2.45, 2.75) is 13.8 Å². The first-order valence-corrected chi connectivity index (χ1v) is 10.5. The highest BCUT2D eigenvalue weighted by Crippen LogP contribution is 2.29. The molecule has 0 saturated heterocycles. The number of nitrogens with zero attached hydrogens (tertiary/aromatic N) is 2. The molecule has 3 amide bonds. The van der Waals surface area contributed by atoms with Gasteiger partial charge in [0.1, 0.15) is 5.69 Å². The zero-order valence-corrected chi connectivity index (χ0v) is 18.7. The van der Waals surface area contributed by atoms with E-state index < -0.39 is 35.2 Å². The predicted molar refractivity (Wildman–Crippen MR) is 126 cm³/mol. The third-order valence-electron chi connectivity index (χ3n) is 5.55. The van der Waals surface area contributed by atoms with Gasteiger partial charge >= 0.3 is 5.97 Å². The summed E-state index contributed by atoms with van der Waals surface area (Å²) >= 11 is 0. The molecule has 0 bridgehead atoms. The van der Waals surface area contributed by atoms with E-state index in [9.17, 15) is 29.3 Å². The number of nitro benzene ring substituents is 1. The van der Waals surface area contributed by atoms with Crippen LogP contribution in [0.1, 0.15) is 42.2 Å². The van der Waals surface area contributed by atoms with E-state index in [1.807, 2.05) is 0 Å². The zero-order valence-electron chi connectivity index (χ0n) is 18.7. The Hall–Kier alpha value is -4.86. The molecule has 0 fully saturated rings. The third kappa shape index (κ3) is 4.49. The molecule has 3 aromatic rings. The van der Waals surface area contributed by atoms with Crippen molar-refractivity contribution in [3.05, 3.63) is 98.6 Å². The standard InChI is InChI=1S/C25H19N3O7/c1-14-10-20(21(28(33)34)11-15(14)2)26-22(29)13-35-25(32)16-6-5-7-17(12-16)27-23(30)18-8-3-4-9-19(18)24(27)31/h3-12H,13H2,1-2H3,(H,26,29). The van der Waals surface area contributed by atoms with E-state index in [0.717, 1.165) is 10.5 Å². The van der Waals surface area contributed by atoms with Gasteiger partial charge in [0.25, 0.3) is 23.4 Å². The molecule has 0 atom stereocenters. The highest BCUT2D eigenvalue weighted by molar-refractivity contribution is 6.34. The van der Waals surface area contributed by atoms with E-state index in [-0.39, 0.29) is 33.8 Å². The summed E-state index contributed by atoms with van der Waals surface area (Å²) in [6.45, 7) is 2.77.